The maximum absolute atomic E-state index is 13.2. The van der Waals surface area contributed by atoms with Crippen LogP contribution in [0.4, 0.5) is 0 Å². The molecule has 3 aromatic rings. The molecule has 0 saturated heterocycles. The molecule has 2 heterocycles. The molecule has 0 bridgehead atoms. The first-order valence-corrected chi connectivity index (χ1v) is 14.8. The lowest BCUT2D eigenvalue weighted by molar-refractivity contribution is -0.160. The molecule has 1 aliphatic rings. The molecule has 0 amide bonds. The Hall–Kier alpha value is -3.97. The molecule has 12 heteroatoms. The molecule has 42 heavy (non-hydrogen) atoms. The third-order valence-corrected chi connectivity index (χ3v) is 8.68. The number of aliphatic hydroxyl groups is 1. The molecule has 4 rings (SSSR count). The van der Waals surface area contributed by atoms with Gasteiger partial charge in [0.15, 0.2) is 0 Å². The minimum Gasteiger partial charge on any atom is -0.497 e. The van der Waals surface area contributed by atoms with E-state index < -0.39 is 22.3 Å². The van der Waals surface area contributed by atoms with Crippen molar-refractivity contribution in [2.45, 2.75) is 30.4 Å². The number of aromatic nitrogens is 1. The zero-order chi connectivity index (χ0) is 30.3. The smallest absolute Gasteiger partial charge is 0.373 e. The Balaban J connectivity index is 1.55. The summed E-state index contributed by atoms with van der Waals surface area (Å²) in [5.41, 5.74) is 1.53. The van der Waals surface area contributed by atoms with E-state index in [1.54, 1.807) is 29.0 Å². The molecule has 0 radical (unpaired) electrons. The Morgan fingerprint density at radius 3 is 2.57 bits per heavy atom. The van der Waals surface area contributed by atoms with E-state index in [1.165, 1.54) is 32.2 Å². The van der Waals surface area contributed by atoms with Crippen molar-refractivity contribution >= 4 is 32.8 Å². The van der Waals surface area contributed by atoms with Crippen LogP contribution in [0.25, 0.3) is 10.9 Å². The van der Waals surface area contributed by atoms with Crippen LogP contribution in [-0.4, -0.2) is 80.6 Å². The summed E-state index contributed by atoms with van der Waals surface area (Å²) in [6.45, 7) is 4.31. The van der Waals surface area contributed by atoms with Crippen molar-refractivity contribution in [3.05, 3.63) is 84.8 Å². The zero-order valence-electron chi connectivity index (χ0n) is 23.5. The number of allylic oxidation sites excluding steroid dienone is 1. The summed E-state index contributed by atoms with van der Waals surface area (Å²) in [7, 11) is -2.46. The van der Waals surface area contributed by atoms with Crippen molar-refractivity contribution in [2.75, 3.05) is 40.0 Å². The molecule has 1 aromatic heterocycles. The van der Waals surface area contributed by atoms with E-state index in [0.29, 0.717) is 5.75 Å². The van der Waals surface area contributed by atoms with Gasteiger partial charge >= 0.3 is 5.97 Å². The molecule has 11 nitrogen and oxygen atoms in total. The number of sulfonamides is 1. The van der Waals surface area contributed by atoms with E-state index in [9.17, 15) is 23.1 Å². The highest BCUT2D eigenvalue weighted by molar-refractivity contribution is 7.89. The van der Waals surface area contributed by atoms with Gasteiger partial charge in [0.25, 0.3) is 0 Å². The van der Waals surface area contributed by atoms with Crippen LogP contribution >= 0.6 is 0 Å². The molecule has 1 N–H and O–H groups in total. The number of rotatable bonds is 13. The number of hydrogen-bond acceptors (Lipinski definition) is 9. The van der Waals surface area contributed by atoms with Gasteiger partial charge in [0.05, 0.1) is 30.7 Å². The van der Waals surface area contributed by atoms with E-state index in [4.69, 9.17) is 18.9 Å². The number of nitrogens with zero attached hydrogens (tertiary/aromatic N) is 2. The molecular formula is C30H34N2O9S. The number of benzene rings is 2. The zero-order valence-corrected chi connectivity index (χ0v) is 24.3. The van der Waals surface area contributed by atoms with Gasteiger partial charge in [-0.15, -0.1) is 0 Å². The molecule has 0 unspecified atom stereocenters. The SMILES string of the molecule is C=CCOC(=O)C1=C[C@@H](c2cn(C(C)=O)c3ccccc23)C[C@@H](OCCN(CCO)S(=O)(=O)c2ccc(OC)cc2)O1. The van der Waals surface area contributed by atoms with Gasteiger partial charge in [-0.05, 0) is 42.0 Å². The summed E-state index contributed by atoms with van der Waals surface area (Å²) >= 11 is 0. The number of carbonyl (C=O) groups is 2. The van der Waals surface area contributed by atoms with Crippen LogP contribution in [0.3, 0.4) is 0 Å². The van der Waals surface area contributed by atoms with Crippen LogP contribution in [0.15, 0.2) is 84.1 Å². The number of ether oxygens (including phenoxy) is 4. The largest absolute Gasteiger partial charge is 0.497 e. The van der Waals surface area contributed by atoms with Gasteiger partial charge < -0.3 is 24.1 Å². The van der Waals surface area contributed by atoms with E-state index in [-0.39, 0.29) is 61.8 Å². The normalized spacial score (nSPS) is 17.0. The van der Waals surface area contributed by atoms with Gasteiger partial charge in [0, 0.05) is 43.9 Å². The number of esters is 1. The van der Waals surface area contributed by atoms with Gasteiger partial charge in [-0.3, -0.25) is 9.36 Å². The summed E-state index contributed by atoms with van der Waals surface area (Å²) in [5.74, 6) is -0.786. The molecule has 2 atom stereocenters. The highest BCUT2D eigenvalue weighted by Crippen LogP contribution is 2.36. The Bertz CT molecular complexity index is 1560. The van der Waals surface area contributed by atoms with Crippen molar-refractivity contribution in [3.8, 4) is 5.75 Å². The molecule has 0 spiro atoms. The summed E-state index contributed by atoms with van der Waals surface area (Å²) in [5, 5.41) is 10.4. The minimum absolute atomic E-state index is 0.0152. The van der Waals surface area contributed by atoms with E-state index in [0.717, 1.165) is 20.8 Å². The van der Waals surface area contributed by atoms with Crippen molar-refractivity contribution in [1.29, 1.82) is 0 Å². The van der Waals surface area contributed by atoms with Gasteiger partial charge in [0.2, 0.25) is 28.0 Å². The summed E-state index contributed by atoms with van der Waals surface area (Å²) in [4.78, 5) is 25.1. The molecule has 0 aliphatic carbocycles. The lowest BCUT2D eigenvalue weighted by Crippen LogP contribution is -2.37. The maximum Gasteiger partial charge on any atom is 0.373 e. The lowest BCUT2D eigenvalue weighted by Gasteiger charge is -2.29. The van der Waals surface area contributed by atoms with Crippen LogP contribution in [0.2, 0.25) is 0 Å². The average Bonchev–Trinajstić information content (AvgIpc) is 3.39. The van der Waals surface area contributed by atoms with Crippen molar-refractivity contribution in [3.63, 3.8) is 0 Å². The average molecular weight is 599 g/mol. The van der Waals surface area contributed by atoms with Crippen molar-refractivity contribution in [1.82, 2.24) is 8.87 Å². The quantitative estimate of drug-likeness (QED) is 0.232. The highest BCUT2D eigenvalue weighted by Gasteiger charge is 2.32. The fourth-order valence-electron chi connectivity index (χ4n) is 4.74. The second-order valence-electron chi connectivity index (χ2n) is 9.47. The fourth-order valence-corrected chi connectivity index (χ4v) is 6.15. The Labute approximate surface area is 244 Å². The maximum atomic E-state index is 13.2. The van der Waals surface area contributed by atoms with E-state index >= 15 is 0 Å². The third kappa shape index (κ3) is 6.90. The molecule has 224 valence electrons. The predicted molar refractivity (Wildman–Crippen MR) is 154 cm³/mol. The third-order valence-electron chi connectivity index (χ3n) is 6.76. The molecular weight excluding hydrogens is 564 g/mol. The van der Waals surface area contributed by atoms with Gasteiger partial charge in [-0.25, -0.2) is 13.2 Å². The predicted octanol–water partition coefficient (Wildman–Crippen LogP) is 3.45. The van der Waals surface area contributed by atoms with Gasteiger partial charge in [-0.2, -0.15) is 4.31 Å². The first kappa shape index (κ1) is 31.0. The first-order chi connectivity index (χ1) is 20.2. The van der Waals surface area contributed by atoms with Gasteiger partial charge in [-0.1, -0.05) is 30.9 Å². The standard InChI is InChI=1S/C30H34N2O9S/c1-4-16-40-30(35)28-18-22(26-20-32(21(2)34)27-8-6-5-7-25(26)27)19-29(41-28)39-17-14-31(13-15-33)42(36,37)24-11-9-23(38-3)10-12-24/h4-12,18,20,22,29,33H,1,13-17,19H2,2-3H3/t22-,29+/m1/s1. The number of methoxy groups -OCH3 is 1. The second kappa shape index (κ2) is 13.8. The fraction of sp³-hybridized carbons (Fsp3) is 0.333. The summed E-state index contributed by atoms with van der Waals surface area (Å²) in [6, 6.07) is 13.4. The van der Waals surface area contributed by atoms with Crippen LogP contribution < -0.4 is 4.74 Å². The van der Waals surface area contributed by atoms with Crippen LogP contribution in [0.1, 0.15) is 29.6 Å². The van der Waals surface area contributed by atoms with Crippen LogP contribution in [-0.2, 0) is 29.0 Å². The highest BCUT2D eigenvalue weighted by atomic mass is 32.2. The molecule has 2 aromatic carbocycles. The number of hydrogen-bond donors (Lipinski definition) is 1. The number of aliphatic hydroxyl groups excluding tert-OH is 1. The number of fused-ring (bicyclic) bond motifs is 1. The second-order valence-corrected chi connectivity index (χ2v) is 11.4. The Morgan fingerprint density at radius 2 is 1.90 bits per heavy atom. The van der Waals surface area contributed by atoms with Gasteiger partial charge in [0.1, 0.15) is 12.4 Å². The summed E-state index contributed by atoms with van der Waals surface area (Å²) in [6.07, 6.45) is 4.18. The number of para-hydroxylation sites is 1. The van der Waals surface area contributed by atoms with Crippen molar-refractivity contribution < 1.29 is 42.1 Å². The van der Waals surface area contributed by atoms with Crippen molar-refractivity contribution in [2.24, 2.45) is 0 Å². The Morgan fingerprint density at radius 1 is 1.17 bits per heavy atom. The molecule has 0 saturated carbocycles. The topological polar surface area (TPSA) is 134 Å². The summed E-state index contributed by atoms with van der Waals surface area (Å²) < 4.78 is 51.2. The van der Waals surface area contributed by atoms with E-state index in [1.807, 2.05) is 24.3 Å². The lowest BCUT2D eigenvalue weighted by atomic mass is 9.92. The van der Waals surface area contributed by atoms with E-state index in [2.05, 4.69) is 6.58 Å². The van der Waals surface area contributed by atoms with Crippen LogP contribution in [0, 0.1) is 0 Å². The van der Waals surface area contributed by atoms with Crippen LogP contribution in [0.5, 0.6) is 5.75 Å². The monoisotopic (exact) mass is 598 g/mol. The number of carbonyl (C=O) groups excluding carboxylic acids is 2. The minimum atomic E-state index is -3.94. The molecule has 1 aliphatic heterocycles. The molecule has 0 fully saturated rings. The Kier molecular flexibility index (Phi) is 10.2. The first-order valence-electron chi connectivity index (χ1n) is 13.3.